The highest BCUT2D eigenvalue weighted by molar-refractivity contribution is 7.52. The minimum absolute atomic E-state index is 0.177. The van der Waals surface area contributed by atoms with Crippen molar-refractivity contribution < 1.29 is 54.5 Å². The topological polar surface area (TPSA) is 155 Å². The van der Waals surface area contributed by atoms with Gasteiger partial charge in [-0.1, -0.05) is 26.0 Å². The van der Waals surface area contributed by atoms with Crippen molar-refractivity contribution in [1.29, 1.82) is 0 Å². The Morgan fingerprint density at radius 1 is 0.360 bits per heavy atom. The van der Waals surface area contributed by atoms with E-state index >= 15 is 0 Å². The maximum absolute atomic E-state index is 13.9. The Balaban J connectivity index is 6.10. The van der Waals surface area contributed by atoms with Crippen LogP contribution in [0.2, 0.25) is 0 Å². The van der Waals surface area contributed by atoms with E-state index in [2.05, 4.69) is 0 Å². The number of nitrogens with zero attached hydrogens (tertiary/aromatic N) is 4. The van der Waals surface area contributed by atoms with Gasteiger partial charge in [0.1, 0.15) is 0 Å². The van der Waals surface area contributed by atoms with E-state index in [4.69, 9.17) is 36.2 Å². The Kier molecular flexibility index (Phi) is 27.8. The lowest BCUT2D eigenvalue weighted by atomic mass is 10.4. The molecule has 0 heterocycles. The van der Waals surface area contributed by atoms with Gasteiger partial charge in [-0.05, 0) is 68.2 Å². The van der Waals surface area contributed by atoms with Crippen LogP contribution >= 0.6 is 31.0 Å². The van der Waals surface area contributed by atoms with Gasteiger partial charge >= 0.3 is 31.0 Å². The summed E-state index contributed by atoms with van der Waals surface area (Å²) in [4.78, 5) is 0. The van der Waals surface area contributed by atoms with E-state index in [9.17, 15) is 18.3 Å². The lowest BCUT2D eigenvalue weighted by Crippen LogP contribution is -2.30. The van der Waals surface area contributed by atoms with E-state index in [1.54, 1.807) is 86.2 Å². The number of hydrogen-bond acceptors (Lipinski definition) is 12. The molecule has 0 rings (SSSR count). The lowest BCUT2D eigenvalue weighted by molar-refractivity contribution is 0.158. The zero-order valence-corrected chi connectivity index (χ0v) is 35.9. The van der Waals surface area contributed by atoms with Crippen LogP contribution in [-0.2, 0) is 54.5 Å². The summed E-state index contributed by atoms with van der Waals surface area (Å²) in [6, 6.07) is 0. The Labute approximate surface area is 303 Å². The Hall–Kier alpha value is 0.180. The first-order valence-corrected chi connectivity index (χ1v) is 24.0. The average molecular weight is 801 g/mol. The van der Waals surface area contributed by atoms with Crippen LogP contribution in [0.1, 0.15) is 82.1 Å². The predicted octanol–water partition coefficient (Wildman–Crippen LogP) is 8.30. The van der Waals surface area contributed by atoms with E-state index in [-0.39, 0.29) is 65.9 Å². The molecule has 0 spiro atoms. The van der Waals surface area contributed by atoms with Crippen molar-refractivity contribution in [3.63, 3.8) is 0 Å². The predicted molar refractivity (Wildman–Crippen MR) is 199 cm³/mol. The highest BCUT2D eigenvalue weighted by atomic mass is 31.2. The monoisotopic (exact) mass is 800 g/mol. The zero-order chi connectivity index (χ0) is 38.1. The van der Waals surface area contributed by atoms with Gasteiger partial charge in [0.25, 0.3) is 0 Å². The maximum Gasteiger partial charge on any atom is 0.408 e. The summed E-state index contributed by atoms with van der Waals surface area (Å²) in [6.07, 6.45) is 4.54. The van der Waals surface area contributed by atoms with Crippen LogP contribution in [0, 0.1) is 0 Å². The fraction of sp³-hybridized carbons (Fsp3) is 0.933. The van der Waals surface area contributed by atoms with E-state index in [0.29, 0.717) is 52.1 Å². The number of rotatable bonds is 34. The highest BCUT2D eigenvalue weighted by Crippen LogP contribution is 2.55. The molecule has 0 bridgehead atoms. The van der Waals surface area contributed by atoms with Gasteiger partial charge < -0.3 is 0 Å². The van der Waals surface area contributed by atoms with Gasteiger partial charge in [0, 0.05) is 52.4 Å². The molecule has 300 valence electrons. The van der Waals surface area contributed by atoms with Gasteiger partial charge in [0.2, 0.25) is 0 Å². The summed E-state index contributed by atoms with van der Waals surface area (Å²) in [5.74, 6) is 0. The molecule has 50 heavy (non-hydrogen) atoms. The van der Waals surface area contributed by atoms with Crippen LogP contribution in [-0.4, -0.2) is 124 Å². The van der Waals surface area contributed by atoms with Crippen molar-refractivity contribution in [2.45, 2.75) is 82.1 Å². The SMILES string of the molecule is CCOP(=O)(OCC)N(CC)CCCN(CC=CCN(CCCN(CC)P(=O)(OCC)OCC)P(=O)(OCC)OCC)P(=O)(OCC)OCC. The van der Waals surface area contributed by atoms with Crippen molar-refractivity contribution in [2.75, 3.05) is 105 Å². The maximum atomic E-state index is 13.9. The van der Waals surface area contributed by atoms with Gasteiger partial charge in [-0.15, -0.1) is 0 Å². The average Bonchev–Trinajstić information content (AvgIpc) is 3.05. The molecule has 0 aromatic carbocycles. The molecule has 0 aliphatic rings. The third kappa shape index (κ3) is 17.1. The van der Waals surface area contributed by atoms with Crippen molar-refractivity contribution in [3.8, 4) is 0 Å². The van der Waals surface area contributed by atoms with E-state index < -0.39 is 31.0 Å². The minimum Gasteiger partial charge on any atom is -0.297 e. The molecule has 16 nitrogen and oxygen atoms in total. The summed E-state index contributed by atoms with van der Waals surface area (Å²) < 4.78 is 106. The van der Waals surface area contributed by atoms with Crippen LogP contribution in [0.15, 0.2) is 12.2 Å². The second-order valence-corrected chi connectivity index (χ2v) is 18.4. The molecule has 0 radical (unpaired) electrons. The van der Waals surface area contributed by atoms with Gasteiger partial charge in [-0.3, -0.25) is 36.2 Å². The summed E-state index contributed by atoms with van der Waals surface area (Å²) in [5, 5.41) is 0. The van der Waals surface area contributed by atoms with Crippen LogP contribution in [0.3, 0.4) is 0 Å². The fourth-order valence-corrected chi connectivity index (χ4v) is 11.9. The second-order valence-electron chi connectivity index (χ2n) is 10.3. The van der Waals surface area contributed by atoms with Gasteiger partial charge in [-0.25, -0.2) is 36.9 Å². The quantitative estimate of drug-likeness (QED) is 0.0452. The van der Waals surface area contributed by atoms with E-state index in [1.807, 2.05) is 13.8 Å². The fourth-order valence-electron chi connectivity index (χ4n) is 4.91. The lowest BCUT2D eigenvalue weighted by Gasteiger charge is -2.32. The van der Waals surface area contributed by atoms with Gasteiger partial charge in [0.15, 0.2) is 0 Å². The Bertz CT molecular complexity index is 984. The smallest absolute Gasteiger partial charge is 0.297 e. The zero-order valence-electron chi connectivity index (χ0n) is 32.4. The Morgan fingerprint density at radius 2 is 0.560 bits per heavy atom. The highest BCUT2D eigenvalue weighted by Gasteiger charge is 2.36. The molecular weight excluding hydrogens is 732 g/mol. The molecule has 0 amide bonds. The molecule has 0 atom stereocenters. The van der Waals surface area contributed by atoms with Crippen molar-refractivity contribution >= 4 is 31.0 Å². The molecule has 0 N–H and O–H groups in total. The molecule has 0 unspecified atom stereocenters. The first-order chi connectivity index (χ1) is 23.8. The number of hydrogen-bond donors (Lipinski definition) is 0. The normalized spacial score (nSPS) is 13.6. The summed E-state index contributed by atoms with van der Waals surface area (Å²) in [7, 11) is -14.3. The summed E-state index contributed by atoms with van der Waals surface area (Å²) in [5.41, 5.74) is 0. The minimum atomic E-state index is -3.68. The van der Waals surface area contributed by atoms with E-state index in [1.165, 1.54) is 0 Å². The van der Waals surface area contributed by atoms with Gasteiger partial charge in [0.05, 0.1) is 52.9 Å². The van der Waals surface area contributed by atoms with Gasteiger partial charge in [-0.2, -0.15) is 0 Å². The van der Waals surface area contributed by atoms with Crippen molar-refractivity contribution in [2.24, 2.45) is 0 Å². The molecule has 0 aromatic heterocycles. The molecule has 0 saturated heterocycles. The third-order valence-corrected chi connectivity index (χ3v) is 16.1. The van der Waals surface area contributed by atoms with Crippen LogP contribution in [0.25, 0.3) is 0 Å². The molecular formula is C30H68N4O12P4. The molecule has 0 saturated carbocycles. The molecule has 0 aliphatic heterocycles. The molecule has 0 aromatic rings. The Morgan fingerprint density at radius 3 is 0.760 bits per heavy atom. The van der Waals surface area contributed by atoms with E-state index in [0.717, 1.165) is 0 Å². The van der Waals surface area contributed by atoms with Crippen LogP contribution in [0.5, 0.6) is 0 Å². The van der Waals surface area contributed by atoms with Crippen molar-refractivity contribution in [1.82, 2.24) is 18.7 Å². The summed E-state index contributed by atoms with van der Waals surface area (Å²) in [6.45, 7) is 22.0. The van der Waals surface area contributed by atoms with Crippen LogP contribution in [0.4, 0.5) is 0 Å². The second kappa shape index (κ2) is 27.7. The van der Waals surface area contributed by atoms with Crippen molar-refractivity contribution in [3.05, 3.63) is 12.2 Å². The first kappa shape index (κ1) is 50.2. The largest absolute Gasteiger partial charge is 0.408 e. The first-order valence-electron chi connectivity index (χ1n) is 18.1. The third-order valence-electron chi connectivity index (χ3n) is 6.92. The standard InChI is InChI=1S/C30H68N4O12P4/c1-11-31(47(35,39-13-3)40-14-4)27-23-29-33(49(37,43-17-7)44-18-8)25-21-22-26-34(50(38,45-19-9)46-20-10)30-24-28-32(12-2)48(36,41-15-5)42-16-6/h21-22H,11-20,23-30H2,1-10H3. The van der Waals surface area contributed by atoms with Crippen LogP contribution < -0.4 is 0 Å². The molecule has 0 aliphatic carbocycles. The molecule has 0 fully saturated rings. The molecule has 20 heteroatoms. The summed E-state index contributed by atoms with van der Waals surface area (Å²) >= 11 is 0.